The molecule has 1 N–H and O–H groups in total. The van der Waals surface area contributed by atoms with Crippen LogP contribution in [0.15, 0.2) is 57.5 Å². The molecule has 3 rings (SSSR count). The lowest BCUT2D eigenvalue weighted by Crippen LogP contribution is -2.25. The molecule has 2 aromatic carbocycles. The molecule has 5 nitrogen and oxygen atoms in total. The highest BCUT2D eigenvalue weighted by atomic mass is 79.9. The van der Waals surface area contributed by atoms with E-state index >= 15 is 0 Å². The molecule has 0 aliphatic carbocycles. The van der Waals surface area contributed by atoms with Crippen molar-refractivity contribution in [2.75, 3.05) is 6.54 Å². The minimum atomic E-state index is -0.268. The summed E-state index contributed by atoms with van der Waals surface area (Å²) in [5, 5.41) is 7.25. The number of rotatable bonds is 5. The zero-order valence-corrected chi connectivity index (χ0v) is 16.7. The highest BCUT2D eigenvalue weighted by Crippen LogP contribution is 2.24. The van der Waals surface area contributed by atoms with Gasteiger partial charge in [0.1, 0.15) is 0 Å². The van der Waals surface area contributed by atoms with Crippen LogP contribution in [-0.2, 0) is 0 Å². The minimum absolute atomic E-state index is 0.161. The molecule has 0 fully saturated rings. The summed E-state index contributed by atoms with van der Waals surface area (Å²) in [6.45, 7) is 2.60. The maximum Gasteiger partial charge on any atom is 0.290 e. The summed E-state index contributed by atoms with van der Waals surface area (Å²) in [4.78, 5) is 16.8. The van der Waals surface area contributed by atoms with Gasteiger partial charge in [0.2, 0.25) is 5.82 Å². The van der Waals surface area contributed by atoms with Crippen LogP contribution in [0.2, 0.25) is 0 Å². The van der Waals surface area contributed by atoms with E-state index < -0.39 is 0 Å². The van der Waals surface area contributed by atoms with Gasteiger partial charge in [0, 0.05) is 21.1 Å². The van der Waals surface area contributed by atoms with Crippen molar-refractivity contribution in [1.82, 2.24) is 20.1 Å². The monoisotopic (exact) mass is 462 g/mol. The van der Waals surface area contributed by atoms with Crippen LogP contribution in [0.5, 0.6) is 0 Å². The maximum absolute atomic E-state index is 12.3. The van der Waals surface area contributed by atoms with Gasteiger partial charge in [-0.15, -0.1) is 5.10 Å². The van der Waals surface area contributed by atoms with E-state index in [9.17, 15) is 4.79 Å². The van der Waals surface area contributed by atoms with E-state index in [1.165, 1.54) is 0 Å². The average molecular weight is 464 g/mol. The Morgan fingerprint density at radius 2 is 1.64 bits per heavy atom. The molecule has 3 aromatic rings. The van der Waals surface area contributed by atoms with Crippen LogP contribution < -0.4 is 5.32 Å². The quantitative estimate of drug-likeness (QED) is 0.601. The molecule has 0 saturated carbocycles. The third-order valence-corrected chi connectivity index (χ3v) is 4.58. The molecule has 25 heavy (non-hydrogen) atoms. The van der Waals surface area contributed by atoms with Gasteiger partial charge in [-0.3, -0.25) is 4.79 Å². The first-order chi connectivity index (χ1) is 12.1. The molecule has 0 bridgehead atoms. The van der Waals surface area contributed by atoms with Crippen molar-refractivity contribution >= 4 is 37.8 Å². The van der Waals surface area contributed by atoms with Gasteiger partial charge in [-0.05, 0) is 42.8 Å². The summed E-state index contributed by atoms with van der Waals surface area (Å²) in [7, 11) is 0. The highest BCUT2D eigenvalue weighted by molar-refractivity contribution is 9.10. The van der Waals surface area contributed by atoms with Crippen molar-refractivity contribution in [3.63, 3.8) is 0 Å². The van der Waals surface area contributed by atoms with E-state index in [0.29, 0.717) is 12.4 Å². The smallest absolute Gasteiger partial charge is 0.290 e. The SMILES string of the molecule is CCCNC(=O)c1nc(-c2ccc(Br)cc2)n(-c2ccc(Br)cc2)n1. The number of carbonyl (C=O) groups is 1. The number of benzene rings is 2. The first-order valence-electron chi connectivity index (χ1n) is 7.85. The second-order valence-corrected chi connectivity index (χ2v) is 7.24. The first-order valence-corrected chi connectivity index (χ1v) is 9.44. The van der Waals surface area contributed by atoms with E-state index in [4.69, 9.17) is 0 Å². The Hall–Kier alpha value is -1.99. The molecule has 0 radical (unpaired) electrons. The van der Waals surface area contributed by atoms with E-state index in [2.05, 4.69) is 47.3 Å². The van der Waals surface area contributed by atoms with Crippen molar-refractivity contribution in [3.05, 3.63) is 63.3 Å². The lowest BCUT2D eigenvalue weighted by molar-refractivity contribution is 0.0943. The van der Waals surface area contributed by atoms with E-state index in [1.807, 2.05) is 55.5 Å². The summed E-state index contributed by atoms with van der Waals surface area (Å²) < 4.78 is 3.64. The topological polar surface area (TPSA) is 59.8 Å². The van der Waals surface area contributed by atoms with Gasteiger partial charge in [-0.2, -0.15) is 0 Å². The molecule has 1 amide bonds. The van der Waals surface area contributed by atoms with Gasteiger partial charge in [-0.25, -0.2) is 9.67 Å². The van der Waals surface area contributed by atoms with Crippen LogP contribution in [0, 0.1) is 0 Å². The Kier molecular flexibility index (Phi) is 5.65. The summed E-state index contributed by atoms with van der Waals surface area (Å²) in [6, 6.07) is 15.5. The van der Waals surface area contributed by atoms with Gasteiger partial charge in [-0.1, -0.05) is 50.9 Å². The standard InChI is InChI=1S/C18H16Br2N4O/c1-2-11-21-18(25)16-22-17(12-3-5-13(19)6-4-12)24(23-16)15-9-7-14(20)8-10-15/h3-10H,2,11H2,1H3,(H,21,25). The molecule has 0 saturated heterocycles. The number of nitrogens with one attached hydrogen (secondary N) is 1. The van der Waals surface area contributed by atoms with Crippen molar-refractivity contribution in [1.29, 1.82) is 0 Å². The number of amides is 1. The van der Waals surface area contributed by atoms with Crippen molar-refractivity contribution in [2.24, 2.45) is 0 Å². The molecular formula is C18H16Br2N4O. The number of nitrogens with zero attached hydrogens (tertiary/aromatic N) is 3. The molecule has 0 atom stereocenters. The summed E-state index contributed by atoms with van der Waals surface area (Å²) in [6.07, 6.45) is 0.860. The largest absolute Gasteiger partial charge is 0.349 e. The number of hydrogen-bond acceptors (Lipinski definition) is 3. The second kappa shape index (κ2) is 7.93. The zero-order valence-electron chi connectivity index (χ0n) is 13.5. The number of carbonyl (C=O) groups excluding carboxylic acids is 1. The third kappa shape index (κ3) is 4.16. The van der Waals surface area contributed by atoms with Crippen LogP contribution >= 0.6 is 31.9 Å². The Balaban J connectivity index is 2.07. The fourth-order valence-corrected chi connectivity index (χ4v) is 2.80. The Morgan fingerprint density at radius 3 is 2.24 bits per heavy atom. The predicted molar refractivity (Wildman–Crippen MR) is 105 cm³/mol. The van der Waals surface area contributed by atoms with Crippen LogP contribution in [0.25, 0.3) is 17.1 Å². The van der Waals surface area contributed by atoms with Gasteiger partial charge in [0.05, 0.1) is 5.69 Å². The molecule has 0 aliphatic heterocycles. The van der Waals surface area contributed by atoms with E-state index in [-0.39, 0.29) is 11.7 Å². The predicted octanol–water partition coefficient (Wildman–Crippen LogP) is 4.60. The molecular weight excluding hydrogens is 448 g/mol. The van der Waals surface area contributed by atoms with Gasteiger partial charge < -0.3 is 5.32 Å². The molecule has 0 unspecified atom stereocenters. The summed E-state index contributed by atoms with van der Waals surface area (Å²) >= 11 is 6.87. The number of hydrogen-bond donors (Lipinski definition) is 1. The van der Waals surface area contributed by atoms with E-state index in [1.54, 1.807) is 4.68 Å². The van der Waals surface area contributed by atoms with E-state index in [0.717, 1.165) is 26.6 Å². The van der Waals surface area contributed by atoms with Gasteiger partial charge in [0.15, 0.2) is 5.82 Å². The first kappa shape index (κ1) is 17.8. The van der Waals surface area contributed by atoms with Crippen molar-refractivity contribution in [2.45, 2.75) is 13.3 Å². The Morgan fingerprint density at radius 1 is 1.04 bits per heavy atom. The number of halogens is 2. The molecule has 0 aliphatic rings. The second-order valence-electron chi connectivity index (χ2n) is 5.41. The van der Waals surface area contributed by atoms with Crippen molar-refractivity contribution < 1.29 is 4.79 Å². The van der Waals surface area contributed by atoms with Crippen molar-refractivity contribution in [3.8, 4) is 17.1 Å². The van der Waals surface area contributed by atoms with Gasteiger partial charge >= 0.3 is 0 Å². The zero-order chi connectivity index (χ0) is 17.8. The molecule has 1 heterocycles. The lowest BCUT2D eigenvalue weighted by Gasteiger charge is -2.06. The fourth-order valence-electron chi connectivity index (χ4n) is 2.27. The van der Waals surface area contributed by atoms with Crippen LogP contribution in [-0.4, -0.2) is 27.2 Å². The maximum atomic E-state index is 12.3. The normalized spacial score (nSPS) is 10.7. The fraction of sp³-hybridized carbons (Fsp3) is 0.167. The van der Waals surface area contributed by atoms with Crippen LogP contribution in [0.1, 0.15) is 24.0 Å². The van der Waals surface area contributed by atoms with Crippen LogP contribution in [0.4, 0.5) is 0 Å². The Labute approximate surface area is 162 Å². The molecule has 7 heteroatoms. The van der Waals surface area contributed by atoms with Gasteiger partial charge in [0.25, 0.3) is 5.91 Å². The lowest BCUT2D eigenvalue weighted by atomic mass is 10.2. The highest BCUT2D eigenvalue weighted by Gasteiger charge is 2.18. The minimum Gasteiger partial charge on any atom is -0.349 e. The number of aromatic nitrogens is 3. The third-order valence-electron chi connectivity index (χ3n) is 3.52. The molecule has 1 aromatic heterocycles. The van der Waals surface area contributed by atoms with Crippen LogP contribution in [0.3, 0.4) is 0 Å². The molecule has 0 spiro atoms. The summed E-state index contributed by atoms with van der Waals surface area (Å²) in [5.74, 6) is 0.516. The Bertz CT molecular complexity index is 810. The average Bonchev–Trinajstić information content (AvgIpc) is 3.06. The molecule has 128 valence electrons. The summed E-state index contributed by atoms with van der Waals surface area (Å²) in [5.41, 5.74) is 1.72.